The number of halogens is 1. The first-order valence-electron chi connectivity index (χ1n) is 9.98. The number of hydrazone groups is 1. The molecular formula is C22H29ClN2O3S. The van der Waals surface area contributed by atoms with Crippen LogP contribution in [0.4, 0.5) is 0 Å². The van der Waals surface area contributed by atoms with Gasteiger partial charge in [-0.25, -0.2) is 13.2 Å². The number of ether oxygens (including phenoxy) is 1. The van der Waals surface area contributed by atoms with E-state index in [0.29, 0.717) is 18.1 Å². The maximum Gasteiger partial charge on any atom is 0.247 e. The van der Waals surface area contributed by atoms with E-state index in [1.54, 1.807) is 0 Å². The molecule has 0 unspecified atom stereocenters. The smallest absolute Gasteiger partial charge is 0.247 e. The number of nitrogens with one attached hydrogen (secondary N) is 1. The molecule has 0 fully saturated rings. The zero-order valence-corrected chi connectivity index (χ0v) is 18.4. The van der Waals surface area contributed by atoms with Crippen molar-refractivity contribution < 1.29 is 13.2 Å². The maximum absolute atomic E-state index is 12.0. The minimum absolute atomic E-state index is 0.105. The summed E-state index contributed by atoms with van der Waals surface area (Å²) in [5, 5.41) is 4.55. The van der Waals surface area contributed by atoms with E-state index >= 15 is 0 Å². The third-order valence-electron chi connectivity index (χ3n) is 4.37. The van der Waals surface area contributed by atoms with Crippen LogP contribution in [0.1, 0.15) is 56.6 Å². The van der Waals surface area contributed by atoms with Gasteiger partial charge in [0.1, 0.15) is 12.4 Å². The quantitative estimate of drug-likeness (QED) is 0.255. The lowest BCUT2D eigenvalue weighted by atomic mass is 10.1. The number of rotatable bonds is 13. The molecule has 0 radical (unpaired) electrons. The van der Waals surface area contributed by atoms with Crippen LogP contribution in [0, 0.1) is 0 Å². The first-order chi connectivity index (χ1) is 14.0. The number of hydrogen-bond acceptors (Lipinski definition) is 4. The summed E-state index contributed by atoms with van der Waals surface area (Å²) in [6, 6.07) is 14.8. The van der Waals surface area contributed by atoms with Crippen LogP contribution in [0.3, 0.4) is 0 Å². The SMILES string of the molecule is CCCCCCCCS(=O)(=O)N/N=C\c1ccc(OCc2ccc(Cl)cc2)cc1. The lowest BCUT2D eigenvalue weighted by Gasteiger charge is -2.06. The van der Waals surface area contributed by atoms with E-state index in [9.17, 15) is 8.42 Å². The Labute approximate surface area is 179 Å². The normalized spacial score (nSPS) is 11.7. The van der Waals surface area contributed by atoms with Crippen molar-refractivity contribution in [3.8, 4) is 5.75 Å². The Morgan fingerprint density at radius 2 is 1.62 bits per heavy atom. The highest BCUT2D eigenvalue weighted by molar-refractivity contribution is 7.89. The molecule has 0 saturated carbocycles. The van der Waals surface area contributed by atoms with E-state index < -0.39 is 10.0 Å². The molecule has 0 aliphatic rings. The van der Waals surface area contributed by atoms with Gasteiger partial charge in [-0.15, -0.1) is 0 Å². The van der Waals surface area contributed by atoms with Gasteiger partial charge in [-0.05, 0) is 53.9 Å². The summed E-state index contributed by atoms with van der Waals surface area (Å²) >= 11 is 5.87. The Morgan fingerprint density at radius 1 is 0.966 bits per heavy atom. The van der Waals surface area contributed by atoms with Crippen molar-refractivity contribution in [1.29, 1.82) is 0 Å². The Hall–Kier alpha value is -2.05. The zero-order valence-electron chi connectivity index (χ0n) is 16.8. The van der Waals surface area contributed by atoms with Crippen molar-refractivity contribution in [2.24, 2.45) is 5.10 Å². The largest absolute Gasteiger partial charge is 0.489 e. The fourth-order valence-electron chi connectivity index (χ4n) is 2.70. The summed E-state index contributed by atoms with van der Waals surface area (Å²) in [4.78, 5) is 2.27. The molecule has 2 aromatic rings. The number of nitrogens with zero attached hydrogens (tertiary/aromatic N) is 1. The molecule has 2 rings (SSSR count). The van der Waals surface area contributed by atoms with Crippen LogP contribution in [-0.4, -0.2) is 20.4 Å². The van der Waals surface area contributed by atoms with Crippen LogP contribution in [0.2, 0.25) is 5.02 Å². The third kappa shape index (κ3) is 9.81. The predicted molar refractivity (Wildman–Crippen MR) is 120 cm³/mol. The first kappa shape index (κ1) is 23.2. The molecule has 0 aromatic heterocycles. The standard InChI is InChI=1S/C22H29ClN2O3S/c1-2-3-4-5-6-7-16-29(26,27)25-24-17-19-10-14-22(15-11-19)28-18-20-8-12-21(23)13-9-20/h8-15,17,25H,2-7,16,18H2,1H3/b24-17-. The molecule has 158 valence electrons. The second-order valence-electron chi connectivity index (χ2n) is 6.92. The molecule has 7 heteroatoms. The van der Waals surface area contributed by atoms with Crippen LogP contribution >= 0.6 is 11.6 Å². The molecule has 0 spiro atoms. The van der Waals surface area contributed by atoms with Gasteiger partial charge in [-0.1, -0.05) is 62.8 Å². The molecule has 0 aliphatic carbocycles. The molecule has 5 nitrogen and oxygen atoms in total. The fourth-order valence-corrected chi connectivity index (χ4v) is 3.71. The van der Waals surface area contributed by atoms with Gasteiger partial charge in [0, 0.05) is 5.02 Å². The van der Waals surface area contributed by atoms with Gasteiger partial charge >= 0.3 is 0 Å². The first-order valence-corrected chi connectivity index (χ1v) is 12.0. The summed E-state index contributed by atoms with van der Waals surface area (Å²) in [6.07, 6.45) is 7.73. The summed E-state index contributed by atoms with van der Waals surface area (Å²) in [5.41, 5.74) is 1.81. The van der Waals surface area contributed by atoms with Gasteiger partial charge in [0.05, 0.1) is 12.0 Å². The molecule has 29 heavy (non-hydrogen) atoms. The van der Waals surface area contributed by atoms with E-state index in [1.165, 1.54) is 25.5 Å². The average Bonchev–Trinajstić information content (AvgIpc) is 2.71. The van der Waals surface area contributed by atoms with Gasteiger partial charge in [-0.3, -0.25) is 0 Å². The van der Waals surface area contributed by atoms with Gasteiger partial charge in [0.15, 0.2) is 0 Å². The molecular weight excluding hydrogens is 408 g/mol. The highest BCUT2D eigenvalue weighted by Gasteiger charge is 2.07. The van der Waals surface area contributed by atoms with Crippen molar-refractivity contribution in [3.63, 3.8) is 0 Å². The van der Waals surface area contributed by atoms with Crippen LogP contribution in [-0.2, 0) is 16.6 Å². The molecule has 0 heterocycles. The van der Waals surface area contributed by atoms with Crippen molar-refractivity contribution in [2.75, 3.05) is 5.75 Å². The predicted octanol–water partition coefficient (Wildman–Crippen LogP) is 5.53. The van der Waals surface area contributed by atoms with Crippen molar-refractivity contribution in [2.45, 2.75) is 52.1 Å². The van der Waals surface area contributed by atoms with Crippen molar-refractivity contribution in [3.05, 3.63) is 64.7 Å². The van der Waals surface area contributed by atoms with Crippen molar-refractivity contribution >= 4 is 27.8 Å². The number of sulfonamides is 1. The average molecular weight is 437 g/mol. The zero-order chi connectivity index (χ0) is 21.0. The van der Waals surface area contributed by atoms with E-state index in [-0.39, 0.29) is 5.75 Å². The van der Waals surface area contributed by atoms with E-state index in [4.69, 9.17) is 16.3 Å². The molecule has 0 atom stereocenters. The topological polar surface area (TPSA) is 67.8 Å². The molecule has 0 saturated heterocycles. The van der Waals surface area contributed by atoms with Crippen LogP contribution in [0.25, 0.3) is 0 Å². The second kappa shape index (κ2) is 12.5. The minimum Gasteiger partial charge on any atom is -0.489 e. The van der Waals surface area contributed by atoms with E-state index in [2.05, 4.69) is 16.9 Å². The monoisotopic (exact) mass is 436 g/mol. The summed E-state index contributed by atoms with van der Waals surface area (Å²) in [7, 11) is -3.38. The van der Waals surface area contributed by atoms with Gasteiger partial charge in [0.25, 0.3) is 0 Å². The van der Waals surface area contributed by atoms with Gasteiger partial charge in [0.2, 0.25) is 10.0 Å². The minimum atomic E-state index is -3.38. The molecule has 1 N–H and O–H groups in total. The summed E-state index contributed by atoms with van der Waals surface area (Å²) in [5.74, 6) is 0.828. The lowest BCUT2D eigenvalue weighted by molar-refractivity contribution is 0.306. The number of hydrogen-bond donors (Lipinski definition) is 1. The van der Waals surface area contributed by atoms with Gasteiger partial charge in [-0.2, -0.15) is 5.10 Å². The lowest BCUT2D eigenvalue weighted by Crippen LogP contribution is -2.21. The highest BCUT2D eigenvalue weighted by atomic mass is 35.5. The van der Waals surface area contributed by atoms with E-state index in [1.807, 2.05) is 48.5 Å². The fraction of sp³-hybridized carbons (Fsp3) is 0.409. The second-order valence-corrected chi connectivity index (χ2v) is 9.18. The summed E-state index contributed by atoms with van der Waals surface area (Å²) in [6.45, 7) is 2.61. The molecule has 2 aromatic carbocycles. The molecule has 0 aliphatic heterocycles. The van der Waals surface area contributed by atoms with Crippen LogP contribution in [0.15, 0.2) is 53.6 Å². The molecule has 0 amide bonds. The Balaban J connectivity index is 1.72. The molecule has 0 bridgehead atoms. The Kier molecular flexibility index (Phi) is 10.0. The number of unbranched alkanes of at least 4 members (excludes halogenated alkanes) is 5. The third-order valence-corrected chi connectivity index (χ3v) is 5.83. The van der Waals surface area contributed by atoms with Crippen molar-refractivity contribution in [1.82, 2.24) is 4.83 Å². The highest BCUT2D eigenvalue weighted by Crippen LogP contribution is 2.15. The summed E-state index contributed by atoms with van der Waals surface area (Å²) < 4.78 is 29.6. The number of benzene rings is 2. The Morgan fingerprint density at radius 3 is 2.31 bits per heavy atom. The van der Waals surface area contributed by atoms with E-state index in [0.717, 1.165) is 29.7 Å². The van der Waals surface area contributed by atoms with Gasteiger partial charge < -0.3 is 4.74 Å². The van der Waals surface area contributed by atoms with Crippen LogP contribution in [0.5, 0.6) is 5.75 Å². The Bertz CT molecular complexity index is 851. The maximum atomic E-state index is 12.0. The van der Waals surface area contributed by atoms with Crippen LogP contribution < -0.4 is 9.57 Å².